The van der Waals surface area contributed by atoms with Crippen molar-refractivity contribution in [3.8, 4) is 12.3 Å². The van der Waals surface area contributed by atoms with Crippen molar-refractivity contribution in [2.45, 2.75) is 44.1 Å². The molecule has 92 valence electrons. The molecule has 1 saturated carbocycles. The van der Waals surface area contributed by atoms with Crippen molar-refractivity contribution in [1.82, 2.24) is 10.2 Å². The largest absolute Gasteiger partial charge is 0.342 e. The highest BCUT2D eigenvalue weighted by Gasteiger charge is 2.46. The monoisotopic (exact) mass is 234 g/mol. The molecule has 4 heteroatoms. The summed E-state index contributed by atoms with van der Waals surface area (Å²) in [5.41, 5.74) is -0.623. The summed E-state index contributed by atoms with van der Waals surface area (Å²) in [7, 11) is 0. The number of terminal acetylenes is 1. The number of carbonyl (C=O) groups excluding carboxylic acids is 2. The Morgan fingerprint density at radius 3 is 2.71 bits per heavy atom. The Hall–Kier alpha value is -1.50. The molecular weight excluding hydrogens is 216 g/mol. The Morgan fingerprint density at radius 1 is 1.35 bits per heavy atom. The van der Waals surface area contributed by atoms with Crippen molar-refractivity contribution in [2.75, 3.05) is 13.1 Å². The van der Waals surface area contributed by atoms with Crippen LogP contribution in [0.2, 0.25) is 0 Å². The van der Waals surface area contributed by atoms with Gasteiger partial charge in [-0.3, -0.25) is 9.59 Å². The molecule has 1 N–H and O–H groups in total. The number of rotatable bonds is 2. The van der Waals surface area contributed by atoms with Crippen molar-refractivity contribution >= 4 is 11.8 Å². The molecule has 0 aromatic rings. The summed E-state index contributed by atoms with van der Waals surface area (Å²) in [6.45, 7) is 1.06. The van der Waals surface area contributed by atoms with Crippen LogP contribution >= 0.6 is 0 Å². The summed E-state index contributed by atoms with van der Waals surface area (Å²) in [5.74, 6) is 2.60. The number of nitrogens with one attached hydrogen (secondary N) is 1. The van der Waals surface area contributed by atoms with Crippen LogP contribution in [0.5, 0.6) is 0 Å². The normalized spacial score (nSPS) is 23.4. The van der Waals surface area contributed by atoms with Gasteiger partial charge in [0.1, 0.15) is 5.54 Å². The molecule has 2 aliphatic rings. The van der Waals surface area contributed by atoms with Gasteiger partial charge >= 0.3 is 0 Å². The van der Waals surface area contributed by atoms with Crippen molar-refractivity contribution < 1.29 is 9.59 Å². The van der Waals surface area contributed by atoms with Gasteiger partial charge in [0.2, 0.25) is 11.8 Å². The van der Waals surface area contributed by atoms with E-state index in [0.717, 1.165) is 25.7 Å². The molecular formula is C13H18N2O2. The van der Waals surface area contributed by atoms with E-state index >= 15 is 0 Å². The number of nitrogens with zero attached hydrogens (tertiary/aromatic N) is 1. The average molecular weight is 234 g/mol. The maximum absolute atomic E-state index is 12.5. The number of hydrogen-bond acceptors (Lipinski definition) is 2. The quantitative estimate of drug-likeness (QED) is 0.714. The Balaban J connectivity index is 2.17. The van der Waals surface area contributed by atoms with E-state index in [2.05, 4.69) is 11.2 Å². The fraction of sp³-hybridized carbons (Fsp3) is 0.692. The van der Waals surface area contributed by atoms with Gasteiger partial charge in [-0.2, -0.15) is 0 Å². The Kier molecular flexibility index (Phi) is 3.37. The SMILES string of the molecule is C#CCCN1CCC(=O)NC2(CCCC2)C1=O. The van der Waals surface area contributed by atoms with Crippen molar-refractivity contribution in [3.63, 3.8) is 0 Å². The fourth-order valence-electron chi connectivity index (χ4n) is 2.75. The van der Waals surface area contributed by atoms with E-state index in [4.69, 9.17) is 6.42 Å². The minimum Gasteiger partial charge on any atom is -0.342 e. The molecule has 0 unspecified atom stereocenters. The molecule has 17 heavy (non-hydrogen) atoms. The van der Waals surface area contributed by atoms with Gasteiger partial charge in [0, 0.05) is 25.9 Å². The summed E-state index contributed by atoms with van der Waals surface area (Å²) in [6.07, 6.45) is 9.72. The third kappa shape index (κ3) is 2.28. The van der Waals surface area contributed by atoms with Crippen molar-refractivity contribution in [2.24, 2.45) is 0 Å². The number of amides is 2. The first-order chi connectivity index (χ1) is 8.18. The van der Waals surface area contributed by atoms with Crippen LogP contribution in [0.15, 0.2) is 0 Å². The predicted octanol–water partition coefficient (Wildman–Crippen LogP) is 0.671. The lowest BCUT2D eigenvalue weighted by Gasteiger charge is -2.31. The third-order valence-corrected chi connectivity index (χ3v) is 3.67. The second-order valence-corrected chi connectivity index (χ2v) is 4.83. The van der Waals surface area contributed by atoms with Gasteiger partial charge in [-0.25, -0.2) is 0 Å². The molecule has 2 fully saturated rings. The summed E-state index contributed by atoms with van der Waals surface area (Å²) in [6, 6.07) is 0. The van der Waals surface area contributed by atoms with Crippen LogP contribution in [0.1, 0.15) is 38.5 Å². The van der Waals surface area contributed by atoms with E-state index in [1.165, 1.54) is 0 Å². The Labute approximate surface area is 102 Å². The molecule has 1 spiro atoms. The van der Waals surface area contributed by atoms with Crippen LogP contribution in [0, 0.1) is 12.3 Å². The van der Waals surface area contributed by atoms with Crippen LogP contribution in [-0.4, -0.2) is 35.3 Å². The zero-order chi connectivity index (χ0) is 12.3. The summed E-state index contributed by atoms with van der Waals surface area (Å²) in [5, 5.41) is 2.93. The van der Waals surface area contributed by atoms with E-state index in [1.54, 1.807) is 4.90 Å². The summed E-state index contributed by atoms with van der Waals surface area (Å²) in [4.78, 5) is 25.9. The topological polar surface area (TPSA) is 49.4 Å². The summed E-state index contributed by atoms with van der Waals surface area (Å²) < 4.78 is 0. The van der Waals surface area contributed by atoms with Gasteiger partial charge in [0.05, 0.1) is 0 Å². The highest BCUT2D eigenvalue weighted by Crippen LogP contribution is 2.32. The van der Waals surface area contributed by atoms with E-state index in [0.29, 0.717) is 25.9 Å². The zero-order valence-corrected chi connectivity index (χ0v) is 10.00. The second-order valence-electron chi connectivity index (χ2n) is 4.83. The standard InChI is InChI=1S/C13H18N2O2/c1-2-3-9-15-10-6-11(16)14-13(12(15)17)7-4-5-8-13/h1H,3-10H2,(H,14,16). The molecule has 0 aromatic carbocycles. The second kappa shape index (κ2) is 4.79. The van der Waals surface area contributed by atoms with Crippen LogP contribution in [0.3, 0.4) is 0 Å². The Morgan fingerprint density at radius 2 is 2.06 bits per heavy atom. The van der Waals surface area contributed by atoms with Crippen molar-refractivity contribution in [1.29, 1.82) is 0 Å². The molecule has 0 atom stereocenters. The molecule has 1 heterocycles. The van der Waals surface area contributed by atoms with Crippen molar-refractivity contribution in [3.05, 3.63) is 0 Å². The third-order valence-electron chi connectivity index (χ3n) is 3.67. The smallest absolute Gasteiger partial charge is 0.248 e. The molecule has 0 aromatic heterocycles. The minimum absolute atomic E-state index is 0.0107. The lowest BCUT2D eigenvalue weighted by atomic mass is 9.96. The molecule has 1 aliphatic heterocycles. The number of carbonyl (C=O) groups is 2. The lowest BCUT2D eigenvalue weighted by Crippen LogP contribution is -2.55. The first-order valence-electron chi connectivity index (χ1n) is 6.22. The van der Waals surface area contributed by atoms with Crippen LogP contribution in [0.4, 0.5) is 0 Å². The van der Waals surface area contributed by atoms with Gasteiger partial charge in [-0.05, 0) is 12.8 Å². The van der Waals surface area contributed by atoms with Crippen LogP contribution in [0.25, 0.3) is 0 Å². The maximum atomic E-state index is 12.5. The molecule has 0 bridgehead atoms. The maximum Gasteiger partial charge on any atom is 0.248 e. The van der Waals surface area contributed by atoms with Gasteiger partial charge in [0.25, 0.3) is 0 Å². The highest BCUT2D eigenvalue weighted by atomic mass is 16.2. The average Bonchev–Trinajstić information content (AvgIpc) is 2.73. The van der Waals surface area contributed by atoms with Gasteiger partial charge in [-0.1, -0.05) is 12.8 Å². The van der Waals surface area contributed by atoms with Crippen LogP contribution in [-0.2, 0) is 9.59 Å². The fourth-order valence-corrected chi connectivity index (χ4v) is 2.75. The van der Waals surface area contributed by atoms with Gasteiger partial charge in [-0.15, -0.1) is 12.3 Å². The molecule has 4 nitrogen and oxygen atoms in total. The molecule has 1 saturated heterocycles. The first kappa shape index (κ1) is 12.0. The van der Waals surface area contributed by atoms with E-state index in [1.807, 2.05) is 0 Å². The zero-order valence-electron chi connectivity index (χ0n) is 10.00. The first-order valence-corrected chi connectivity index (χ1v) is 6.22. The number of hydrogen-bond donors (Lipinski definition) is 1. The predicted molar refractivity (Wildman–Crippen MR) is 64.0 cm³/mol. The molecule has 1 aliphatic carbocycles. The Bertz CT molecular complexity index is 364. The molecule has 0 radical (unpaired) electrons. The van der Waals surface area contributed by atoms with Gasteiger partial charge in [0.15, 0.2) is 0 Å². The molecule has 2 amide bonds. The lowest BCUT2D eigenvalue weighted by molar-refractivity contribution is -0.138. The van der Waals surface area contributed by atoms with Crippen LogP contribution < -0.4 is 5.32 Å². The summed E-state index contributed by atoms with van der Waals surface area (Å²) >= 11 is 0. The van der Waals surface area contributed by atoms with E-state index in [9.17, 15) is 9.59 Å². The van der Waals surface area contributed by atoms with E-state index in [-0.39, 0.29) is 11.8 Å². The van der Waals surface area contributed by atoms with E-state index < -0.39 is 5.54 Å². The van der Waals surface area contributed by atoms with Gasteiger partial charge < -0.3 is 10.2 Å². The molecule has 2 rings (SSSR count). The minimum atomic E-state index is -0.623. The highest BCUT2D eigenvalue weighted by molar-refractivity contribution is 5.93.